The van der Waals surface area contributed by atoms with Crippen LogP contribution in [0.25, 0.3) is 10.9 Å². The van der Waals surface area contributed by atoms with E-state index in [1.54, 1.807) is 7.11 Å². The number of likely N-dealkylation sites (tertiary alicyclic amines) is 1. The normalized spacial score (nSPS) is 16.8. The molecule has 1 atom stereocenters. The summed E-state index contributed by atoms with van der Waals surface area (Å²) in [5, 5.41) is 4.11. The van der Waals surface area contributed by atoms with E-state index in [0.717, 1.165) is 55.4 Å². The molecule has 6 nitrogen and oxygen atoms in total. The zero-order valence-corrected chi connectivity index (χ0v) is 17.7. The number of carbonyl (C=O) groups excluding carboxylic acids is 2. The van der Waals surface area contributed by atoms with Crippen molar-refractivity contribution in [3.8, 4) is 5.75 Å². The smallest absolute Gasteiger partial charge is 0.242 e. The number of fused-ring (bicyclic) bond motifs is 1. The fourth-order valence-corrected chi connectivity index (χ4v) is 4.01. The van der Waals surface area contributed by atoms with Crippen LogP contribution in [0.2, 0.25) is 0 Å². The quantitative estimate of drug-likeness (QED) is 0.656. The standard InChI is InChI=1S/C23H33N3O3/c1-3-4-5-6-12-24-23(28)19-8-7-13-26(16-19)22(27)17-25-14-11-18-15-20(29-2)9-10-21(18)25/h9-11,14-15,19H,3-8,12-13,16-17H2,1-2H3,(H,24,28). The largest absolute Gasteiger partial charge is 0.497 e. The van der Waals surface area contributed by atoms with Crippen molar-refractivity contribution in [1.29, 1.82) is 0 Å². The molecule has 1 aliphatic rings. The highest BCUT2D eigenvalue weighted by Crippen LogP contribution is 2.23. The van der Waals surface area contributed by atoms with Crippen molar-refractivity contribution in [2.24, 2.45) is 5.92 Å². The Morgan fingerprint density at radius 1 is 1.21 bits per heavy atom. The minimum absolute atomic E-state index is 0.0683. The van der Waals surface area contributed by atoms with Crippen LogP contribution < -0.4 is 10.1 Å². The summed E-state index contributed by atoms with van der Waals surface area (Å²) in [5.41, 5.74) is 1.01. The summed E-state index contributed by atoms with van der Waals surface area (Å²) in [5.74, 6) is 0.877. The number of unbranched alkanes of at least 4 members (excludes halogenated alkanes) is 3. The van der Waals surface area contributed by atoms with Crippen molar-refractivity contribution >= 4 is 22.7 Å². The molecule has 1 fully saturated rings. The highest BCUT2D eigenvalue weighted by Gasteiger charge is 2.28. The number of hydrogen-bond donors (Lipinski definition) is 1. The summed E-state index contributed by atoms with van der Waals surface area (Å²) in [6.45, 7) is 4.46. The molecule has 0 radical (unpaired) electrons. The van der Waals surface area contributed by atoms with Crippen molar-refractivity contribution in [2.75, 3.05) is 26.7 Å². The highest BCUT2D eigenvalue weighted by atomic mass is 16.5. The Morgan fingerprint density at radius 2 is 2.07 bits per heavy atom. The predicted octanol–water partition coefficient (Wildman–Crippen LogP) is 3.59. The van der Waals surface area contributed by atoms with Gasteiger partial charge in [0.05, 0.1) is 13.0 Å². The average molecular weight is 400 g/mol. The number of methoxy groups -OCH3 is 1. The van der Waals surface area contributed by atoms with E-state index in [9.17, 15) is 9.59 Å². The number of aromatic nitrogens is 1. The molecule has 29 heavy (non-hydrogen) atoms. The third-order valence-electron chi connectivity index (χ3n) is 5.76. The maximum Gasteiger partial charge on any atom is 0.242 e. The second-order valence-corrected chi connectivity index (χ2v) is 7.90. The van der Waals surface area contributed by atoms with Crippen LogP contribution in [0.3, 0.4) is 0 Å². The van der Waals surface area contributed by atoms with Gasteiger partial charge in [0.25, 0.3) is 0 Å². The minimum atomic E-state index is -0.0930. The molecule has 1 saturated heterocycles. The number of amides is 2. The Bertz CT molecular complexity index is 830. The van der Waals surface area contributed by atoms with Gasteiger partial charge in [0.1, 0.15) is 12.3 Å². The monoisotopic (exact) mass is 399 g/mol. The van der Waals surface area contributed by atoms with Gasteiger partial charge in [-0.15, -0.1) is 0 Å². The molecule has 6 heteroatoms. The molecule has 1 unspecified atom stereocenters. The number of carbonyl (C=O) groups is 2. The summed E-state index contributed by atoms with van der Waals surface area (Å²) >= 11 is 0. The molecule has 2 heterocycles. The van der Waals surface area contributed by atoms with E-state index in [1.165, 1.54) is 12.8 Å². The fraction of sp³-hybridized carbons (Fsp3) is 0.565. The van der Waals surface area contributed by atoms with E-state index in [4.69, 9.17) is 4.74 Å². The number of nitrogens with one attached hydrogen (secondary N) is 1. The Hall–Kier alpha value is -2.50. The van der Waals surface area contributed by atoms with Crippen molar-refractivity contribution < 1.29 is 14.3 Å². The van der Waals surface area contributed by atoms with Gasteiger partial charge in [0.15, 0.2) is 0 Å². The third-order valence-corrected chi connectivity index (χ3v) is 5.76. The molecular weight excluding hydrogens is 366 g/mol. The summed E-state index contributed by atoms with van der Waals surface area (Å²) in [4.78, 5) is 27.2. The van der Waals surface area contributed by atoms with Crippen LogP contribution >= 0.6 is 0 Å². The van der Waals surface area contributed by atoms with Crippen molar-refractivity contribution in [1.82, 2.24) is 14.8 Å². The number of hydrogen-bond acceptors (Lipinski definition) is 3. The minimum Gasteiger partial charge on any atom is -0.497 e. The first-order chi connectivity index (χ1) is 14.1. The molecule has 2 aromatic rings. The lowest BCUT2D eigenvalue weighted by Crippen LogP contribution is -2.46. The van der Waals surface area contributed by atoms with Crippen LogP contribution in [0, 0.1) is 5.92 Å². The van der Waals surface area contributed by atoms with Crippen molar-refractivity contribution in [2.45, 2.75) is 52.0 Å². The van der Waals surface area contributed by atoms with E-state index in [1.807, 2.05) is 39.9 Å². The summed E-state index contributed by atoms with van der Waals surface area (Å²) in [6.07, 6.45) is 8.26. The van der Waals surface area contributed by atoms with E-state index >= 15 is 0 Å². The lowest BCUT2D eigenvalue weighted by molar-refractivity contribution is -0.136. The van der Waals surface area contributed by atoms with Gasteiger partial charge in [-0.2, -0.15) is 0 Å². The molecule has 1 aromatic carbocycles. The first kappa shape index (κ1) is 21.2. The highest BCUT2D eigenvalue weighted by molar-refractivity contribution is 5.85. The Balaban J connectivity index is 1.54. The number of nitrogens with zero attached hydrogens (tertiary/aromatic N) is 2. The van der Waals surface area contributed by atoms with E-state index in [2.05, 4.69) is 12.2 Å². The number of ether oxygens (including phenoxy) is 1. The van der Waals surface area contributed by atoms with Gasteiger partial charge in [-0.25, -0.2) is 0 Å². The molecular formula is C23H33N3O3. The zero-order chi connectivity index (χ0) is 20.6. The van der Waals surface area contributed by atoms with Gasteiger partial charge in [0, 0.05) is 36.7 Å². The lowest BCUT2D eigenvalue weighted by atomic mass is 9.97. The van der Waals surface area contributed by atoms with Crippen LogP contribution in [0.1, 0.15) is 45.4 Å². The Kier molecular flexibility index (Phi) is 7.55. The number of piperidine rings is 1. The molecule has 0 bridgehead atoms. The topological polar surface area (TPSA) is 63.6 Å². The molecule has 0 saturated carbocycles. The van der Waals surface area contributed by atoms with E-state index in [0.29, 0.717) is 13.1 Å². The third kappa shape index (κ3) is 5.52. The number of rotatable bonds is 9. The summed E-state index contributed by atoms with van der Waals surface area (Å²) in [6, 6.07) is 7.85. The van der Waals surface area contributed by atoms with Gasteiger partial charge in [-0.3, -0.25) is 9.59 Å². The first-order valence-corrected chi connectivity index (χ1v) is 10.8. The van der Waals surface area contributed by atoms with Crippen LogP contribution in [0.5, 0.6) is 5.75 Å². The molecule has 1 aliphatic heterocycles. The zero-order valence-electron chi connectivity index (χ0n) is 17.7. The molecule has 3 rings (SSSR count). The van der Waals surface area contributed by atoms with E-state index < -0.39 is 0 Å². The second-order valence-electron chi connectivity index (χ2n) is 7.90. The van der Waals surface area contributed by atoms with Gasteiger partial charge < -0.3 is 19.5 Å². The van der Waals surface area contributed by atoms with Gasteiger partial charge in [0.2, 0.25) is 11.8 Å². The summed E-state index contributed by atoms with van der Waals surface area (Å²) in [7, 11) is 1.65. The molecule has 0 spiro atoms. The van der Waals surface area contributed by atoms with Gasteiger partial charge >= 0.3 is 0 Å². The molecule has 1 N–H and O–H groups in total. The molecule has 2 amide bonds. The maximum atomic E-state index is 12.9. The van der Waals surface area contributed by atoms with Crippen molar-refractivity contribution in [3.05, 3.63) is 30.5 Å². The molecule has 0 aliphatic carbocycles. The van der Waals surface area contributed by atoms with Crippen LogP contribution in [0.15, 0.2) is 30.5 Å². The summed E-state index contributed by atoms with van der Waals surface area (Å²) < 4.78 is 7.23. The Morgan fingerprint density at radius 3 is 2.86 bits per heavy atom. The van der Waals surface area contributed by atoms with Crippen LogP contribution in [0.4, 0.5) is 0 Å². The van der Waals surface area contributed by atoms with Crippen molar-refractivity contribution in [3.63, 3.8) is 0 Å². The van der Waals surface area contributed by atoms with Gasteiger partial charge in [-0.1, -0.05) is 26.2 Å². The second kappa shape index (κ2) is 10.3. The number of benzene rings is 1. The predicted molar refractivity (Wildman–Crippen MR) is 115 cm³/mol. The SMILES string of the molecule is CCCCCCNC(=O)C1CCCN(C(=O)Cn2ccc3cc(OC)ccc32)C1. The molecule has 158 valence electrons. The maximum absolute atomic E-state index is 12.9. The Labute approximate surface area is 173 Å². The molecule has 1 aromatic heterocycles. The average Bonchev–Trinajstić information content (AvgIpc) is 3.15. The van der Waals surface area contributed by atoms with Crippen LogP contribution in [-0.2, 0) is 16.1 Å². The van der Waals surface area contributed by atoms with Gasteiger partial charge in [-0.05, 0) is 43.5 Å². The first-order valence-electron chi connectivity index (χ1n) is 10.8. The van der Waals surface area contributed by atoms with Crippen LogP contribution in [-0.4, -0.2) is 48.0 Å². The fourth-order valence-electron chi connectivity index (χ4n) is 4.01. The van der Waals surface area contributed by atoms with E-state index in [-0.39, 0.29) is 17.7 Å². The lowest BCUT2D eigenvalue weighted by Gasteiger charge is -2.32.